The fraction of sp³-hybridized carbons (Fsp3) is 0.350. The SMILES string of the molecule is COc1ccc(Cl)cc1S(=O)(=O)N1CCC[C@H](C(=O)Nc2cc(C(F)(F)F)ccc2Cl)C1. The number of benzene rings is 2. The van der Waals surface area contributed by atoms with Crippen LogP contribution in [0.25, 0.3) is 0 Å². The Labute approximate surface area is 193 Å². The molecule has 0 saturated carbocycles. The lowest BCUT2D eigenvalue weighted by atomic mass is 9.98. The predicted molar refractivity (Wildman–Crippen MR) is 115 cm³/mol. The first-order valence-corrected chi connectivity index (χ1v) is 11.6. The molecule has 1 fully saturated rings. The highest BCUT2D eigenvalue weighted by Crippen LogP contribution is 2.35. The molecule has 0 radical (unpaired) electrons. The number of carbonyl (C=O) groups excluding carboxylic acids is 1. The van der Waals surface area contributed by atoms with Gasteiger partial charge in [-0.25, -0.2) is 8.42 Å². The van der Waals surface area contributed by atoms with Gasteiger partial charge >= 0.3 is 6.18 Å². The Kier molecular flexibility index (Phi) is 7.28. The zero-order valence-electron chi connectivity index (χ0n) is 16.7. The number of anilines is 1. The van der Waals surface area contributed by atoms with Crippen LogP contribution in [0.4, 0.5) is 18.9 Å². The molecule has 32 heavy (non-hydrogen) atoms. The zero-order chi connectivity index (χ0) is 23.7. The summed E-state index contributed by atoms with van der Waals surface area (Å²) in [5, 5.41) is 2.54. The van der Waals surface area contributed by atoms with E-state index in [1.54, 1.807) is 0 Å². The number of sulfonamides is 1. The third-order valence-electron chi connectivity index (χ3n) is 5.05. The number of methoxy groups -OCH3 is 1. The van der Waals surface area contributed by atoms with E-state index in [-0.39, 0.29) is 39.5 Å². The first-order valence-electron chi connectivity index (χ1n) is 9.45. The van der Waals surface area contributed by atoms with Crippen LogP contribution in [-0.2, 0) is 21.0 Å². The normalized spacial score (nSPS) is 17.8. The molecule has 6 nitrogen and oxygen atoms in total. The molecule has 0 unspecified atom stereocenters. The number of hydrogen-bond donors (Lipinski definition) is 1. The molecular weight excluding hydrogens is 492 g/mol. The minimum atomic E-state index is -4.60. The van der Waals surface area contributed by atoms with Crippen LogP contribution in [0, 0.1) is 5.92 Å². The van der Waals surface area contributed by atoms with Gasteiger partial charge in [0.1, 0.15) is 10.6 Å². The van der Waals surface area contributed by atoms with E-state index in [2.05, 4.69) is 5.32 Å². The van der Waals surface area contributed by atoms with E-state index in [1.807, 2.05) is 0 Å². The number of nitrogens with zero attached hydrogens (tertiary/aromatic N) is 1. The summed E-state index contributed by atoms with van der Waals surface area (Å²) >= 11 is 11.9. The Morgan fingerprint density at radius 1 is 1.19 bits per heavy atom. The van der Waals surface area contributed by atoms with Crippen molar-refractivity contribution >= 4 is 44.8 Å². The van der Waals surface area contributed by atoms with Crippen LogP contribution in [0.1, 0.15) is 18.4 Å². The van der Waals surface area contributed by atoms with E-state index in [9.17, 15) is 26.4 Å². The van der Waals surface area contributed by atoms with Gasteiger partial charge in [-0.3, -0.25) is 4.79 Å². The minimum absolute atomic E-state index is 0.0599. The van der Waals surface area contributed by atoms with E-state index in [0.29, 0.717) is 12.8 Å². The first-order chi connectivity index (χ1) is 14.9. The van der Waals surface area contributed by atoms with Crippen molar-refractivity contribution in [3.63, 3.8) is 0 Å². The number of amides is 1. The summed E-state index contributed by atoms with van der Waals surface area (Å²) in [4.78, 5) is 12.6. The van der Waals surface area contributed by atoms with Crippen molar-refractivity contribution in [1.29, 1.82) is 0 Å². The molecule has 0 bridgehead atoms. The monoisotopic (exact) mass is 510 g/mol. The zero-order valence-corrected chi connectivity index (χ0v) is 19.1. The van der Waals surface area contributed by atoms with Gasteiger partial charge < -0.3 is 10.1 Å². The summed E-state index contributed by atoms with van der Waals surface area (Å²) in [6, 6.07) is 6.79. The summed E-state index contributed by atoms with van der Waals surface area (Å²) < 4.78 is 71.5. The van der Waals surface area contributed by atoms with Gasteiger partial charge in [0.2, 0.25) is 15.9 Å². The molecule has 2 aromatic carbocycles. The second-order valence-corrected chi connectivity index (χ2v) is 9.93. The summed E-state index contributed by atoms with van der Waals surface area (Å²) in [7, 11) is -2.70. The van der Waals surface area contributed by atoms with E-state index in [4.69, 9.17) is 27.9 Å². The number of nitrogens with one attached hydrogen (secondary N) is 1. The van der Waals surface area contributed by atoms with Crippen LogP contribution < -0.4 is 10.1 Å². The quantitative estimate of drug-likeness (QED) is 0.609. The lowest BCUT2D eigenvalue weighted by molar-refractivity contribution is -0.137. The summed E-state index contributed by atoms with van der Waals surface area (Å²) in [6.07, 6.45) is -3.85. The smallest absolute Gasteiger partial charge is 0.416 e. The first kappa shape index (κ1) is 24.6. The average molecular weight is 511 g/mol. The summed E-state index contributed by atoms with van der Waals surface area (Å²) in [5.74, 6) is -1.30. The van der Waals surface area contributed by atoms with Gasteiger partial charge in [0.05, 0.1) is 29.3 Å². The van der Waals surface area contributed by atoms with Gasteiger partial charge in [-0.2, -0.15) is 17.5 Å². The highest BCUT2D eigenvalue weighted by Gasteiger charge is 2.36. The maximum absolute atomic E-state index is 13.2. The third-order valence-corrected chi connectivity index (χ3v) is 7.50. The molecule has 1 aliphatic heterocycles. The number of hydrogen-bond acceptors (Lipinski definition) is 4. The molecule has 1 heterocycles. The summed E-state index contributed by atoms with van der Waals surface area (Å²) in [6.45, 7) is 0.0203. The molecule has 2 aromatic rings. The second-order valence-electron chi connectivity index (χ2n) is 7.18. The molecule has 1 atom stereocenters. The number of rotatable bonds is 5. The van der Waals surface area contributed by atoms with Crippen molar-refractivity contribution in [2.75, 3.05) is 25.5 Å². The van der Waals surface area contributed by atoms with Gasteiger partial charge in [-0.15, -0.1) is 0 Å². The highest BCUT2D eigenvalue weighted by atomic mass is 35.5. The van der Waals surface area contributed by atoms with Gasteiger partial charge in [-0.05, 0) is 49.2 Å². The fourth-order valence-corrected chi connectivity index (χ4v) is 5.51. The Hall–Kier alpha value is -2.01. The van der Waals surface area contributed by atoms with Gasteiger partial charge in [0.25, 0.3) is 0 Å². The molecule has 1 amide bonds. The van der Waals surface area contributed by atoms with Crippen LogP contribution in [0.15, 0.2) is 41.3 Å². The molecule has 3 rings (SSSR count). The van der Waals surface area contributed by atoms with Crippen molar-refractivity contribution in [1.82, 2.24) is 4.31 Å². The van der Waals surface area contributed by atoms with E-state index >= 15 is 0 Å². The van der Waals surface area contributed by atoms with Crippen LogP contribution >= 0.6 is 23.2 Å². The lowest BCUT2D eigenvalue weighted by Gasteiger charge is -2.31. The van der Waals surface area contributed by atoms with Gasteiger partial charge in [0.15, 0.2) is 0 Å². The Bertz CT molecular complexity index is 1130. The van der Waals surface area contributed by atoms with Crippen LogP contribution in [0.2, 0.25) is 10.0 Å². The number of alkyl halides is 3. The number of halogens is 5. The second kappa shape index (κ2) is 9.46. The van der Waals surface area contributed by atoms with Crippen LogP contribution in [-0.4, -0.2) is 38.8 Å². The lowest BCUT2D eigenvalue weighted by Crippen LogP contribution is -2.43. The molecular formula is C20H19Cl2F3N2O4S. The molecule has 0 aromatic heterocycles. The molecule has 12 heteroatoms. The largest absolute Gasteiger partial charge is 0.495 e. The highest BCUT2D eigenvalue weighted by molar-refractivity contribution is 7.89. The molecule has 0 spiro atoms. The standard InChI is InChI=1S/C20H19Cl2F3N2O4S/c1-31-17-7-5-14(21)10-18(17)32(29,30)27-8-2-3-12(11-27)19(28)26-16-9-13(20(23,24)25)4-6-15(16)22/h4-7,9-10,12H,2-3,8,11H2,1H3,(H,26,28)/t12-/m0/s1. The average Bonchev–Trinajstić information content (AvgIpc) is 2.74. The Morgan fingerprint density at radius 3 is 2.56 bits per heavy atom. The van der Waals surface area contributed by atoms with E-state index in [0.717, 1.165) is 22.5 Å². The van der Waals surface area contributed by atoms with Gasteiger partial charge in [0, 0.05) is 18.1 Å². The molecule has 1 aliphatic rings. The van der Waals surface area contributed by atoms with Crippen LogP contribution in [0.3, 0.4) is 0 Å². The minimum Gasteiger partial charge on any atom is -0.495 e. The van der Waals surface area contributed by atoms with Crippen molar-refractivity contribution in [2.24, 2.45) is 5.92 Å². The molecule has 1 N–H and O–H groups in total. The predicted octanol–water partition coefficient (Wildman–Crippen LogP) is 5.06. The van der Waals surface area contributed by atoms with E-state index < -0.39 is 33.6 Å². The number of carbonyl (C=O) groups is 1. The fourth-order valence-electron chi connectivity index (χ4n) is 3.40. The molecule has 0 aliphatic carbocycles. The molecule has 174 valence electrons. The maximum atomic E-state index is 13.2. The summed E-state index contributed by atoms with van der Waals surface area (Å²) in [5.41, 5.74) is -1.15. The Morgan fingerprint density at radius 2 is 1.91 bits per heavy atom. The maximum Gasteiger partial charge on any atom is 0.416 e. The Balaban J connectivity index is 1.81. The van der Waals surface area contributed by atoms with Crippen LogP contribution in [0.5, 0.6) is 5.75 Å². The van der Waals surface area contributed by atoms with Crippen molar-refractivity contribution in [3.05, 3.63) is 52.0 Å². The topological polar surface area (TPSA) is 75.7 Å². The van der Waals surface area contributed by atoms with E-state index in [1.165, 1.54) is 25.3 Å². The number of ether oxygens (including phenoxy) is 1. The van der Waals surface area contributed by atoms with Crippen molar-refractivity contribution in [3.8, 4) is 5.75 Å². The van der Waals surface area contributed by atoms with Crippen molar-refractivity contribution in [2.45, 2.75) is 23.9 Å². The molecule has 1 saturated heterocycles. The van der Waals surface area contributed by atoms with Gasteiger partial charge in [-0.1, -0.05) is 23.2 Å². The number of piperidine rings is 1. The van der Waals surface area contributed by atoms with Crippen molar-refractivity contribution < 1.29 is 31.1 Å². The third kappa shape index (κ3) is 5.31.